The monoisotopic (exact) mass is 554 g/mol. The Labute approximate surface area is 234 Å². The number of carbonyl (C=O) groups is 2. The van der Waals surface area contributed by atoms with Crippen LogP contribution in [0.3, 0.4) is 0 Å². The summed E-state index contributed by atoms with van der Waals surface area (Å²) in [6, 6.07) is 19.4. The van der Waals surface area contributed by atoms with Crippen molar-refractivity contribution in [3.8, 4) is 17.2 Å². The van der Waals surface area contributed by atoms with E-state index in [9.17, 15) is 9.59 Å². The largest absolute Gasteiger partial charge is 0.497 e. The summed E-state index contributed by atoms with van der Waals surface area (Å²) in [5.74, 6) is 1.17. The van der Waals surface area contributed by atoms with Gasteiger partial charge in [0.1, 0.15) is 17.2 Å². The Morgan fingerprint density at radius 3 is 2.21 bits per heavy atom. The number of anilines is 1. The lowest BCUT2D eigenvalue weighted by atomic mass is 9.99. The lowest BCUT2D eigenvalue weighted by Gasteiger charge is -2.25. The van der Waals surface area contributed by atoms with Crippen LogP contribution in [0.25, 0.3) is 0 Å². The van der Waals surface area contributed by atoms with E-state index >= 15 is 0 Å². The molecule has 0 aromatic heterocycles. The minimum atomic E-state index is -1.14. The number of hydrogen-bond donors (Lipinski definition) is 2. The molecule has 3 aromatic carbocycles. The molecule has 0 aliphatic heterocycles. The first-order valence-electron chi connectivity index (χ1n) is 12.7. The fourth-order valence-electron chi connectivity index (χ4n) is 3.91. The van der Waals surface area contributed by atoms with Crippen LogP contribution in [-0.4, -0.2) is 38.4 Å². The Balaban J connectivity index is 1.77. The molecule has 9 heteroatoms. The van der Waals surface area contributed by atoms with E-state index in [0.717, 1.165) is 11.1 Å². The van der Waals surface area contributed by atoms with E-state index in [1.54, 1.807) is 58.2 Å². The predicted octanol–water partition coefficient (Wildman–Crippen LogP) is 6.57. The Hall–Kier alpha value is -3.91. The molecule has 1 unspecified atom stereocenters. The highest BCUT2D eigenvalue weighted by atomic mass is 35.5. The van der Waals surface area contributed by atoms with Crippen molar-refractivity contribution in [1.29, 1.82) is 0 Å². The molecule has 3 rings (SSSR count). The summed E-state index contributed by atoms with van der Waals surface area (Å²) in [5, 5.41) is 6.60. The summed E-state index contributed by atoms with van der Waals surface area (Å²) < 4.78 is 21.6. The van der Waals surface area contributed by atoms with Crippen LogP contribution in [0.2, 0.25) is 5.02 Å². The van der Waals surface area contributed by atoms with Crippen LogP contribution in [0.15, 0.2) is 66.7 Å². The van der Waals surface area contributed by atoms with E-state index < -0.39 is 11.6 Å². The number of halogens is 1. The van der Waals surface area contributed by atoms with Crippen molar-refractivity contribution in [2.75, 3.05) is 26.1 Å². The van der Waals surface area contributed by atoms with Crippen molar-refractivity contribution in [3.63, 3.8) is 0 Å². The van der Waals surface area contributed by atoms with Crippen LogP contribution in [0.4, 0.5) is 10.5 Å². The van der Waals surface area contributed by atoms with E-state index in [4.69, 9.17) is 30.5 Å². The normalized spacial score (nSPS) is 11.7. The van der Waals surface area contributed by atoms with Crippen LogP contribution < -0.4 is 24.8 Å². The number of esters is 1. The summed E-state index contributed by atoms with van der Waals surface area (Å²) >= 11 is 6.03. The molecule has 0 saturated carbocycles. The molecule has 0 aliphatic rings. The highest BCUT2D eigenvalue weighted by Crippen LogP contribution is 2.30. The van der Waals surface area contributed by atoms with Crippen molar-refractivity contribution in [2.45, 2.75) is 45.3 Å². The second-order valence-electron chi connectivity index (χ2n) is 9.28. The van der Waals surface area contributed by atoms with Gasteiger partial charge in [0.25, 0.3) is 0 Å². The fourth-order valence-corrected chi connectivity index (χ4v) is 4.04. The molecule has 1 atom stereocenters. The number of benzene rings is 3. The van der Waals surface area contributed by atoms with Gasteiger partial charge in [-0.15, -0.1) is 0 Å². The second-order valence-corrected chi connectivity index (χ2v) is 9.72. The van der Waals surface area contributed by atoms with Crippen molar-refractivity contribution in [1.82, 2.24) is 5.32 Å². The molecule has 0 radical (unpaired) electrons. The number of urea groups is 1. The molecule has 0 saturated heterocycles. The number of hydrogen-bond acceptors (Lipinski definition) is 6. The summed E-state index contributed by atoms with van der Waals surface area (Å²) in [5.41, 5.74) is 1.35. The number of nitrogens with one attached hydrogen (secondary N) is 2. The number of rotatable bonds is 12. The minimum Gasteiger partial charge on any atom is -0.497 e. The molecule has 2 N–H and O–H groups in total. The van der Waals surface area contributed by atoms with Crippen LogP contribution in [-0.2, 0) is 16.0 Å². The van der Waals surface area contributed by atoms with Gasteiger partial charge >= 0.3 is 12.0 Å². The number of methoxy groups -OCH3 is 2. The SMILES string of the molecule is CCOC(=O)C(C)(C)Oc1ccc(C(CCc2ccc(Cl)cc2)NC(=O)Nc2ccc(OC)cc2OC)cc1. The molecule has 2 amide bonds. The van der Waals surface area contributed by atoms with Gasteiger partial charge in [-0.25, -0.2) is 9.59 Å². The van der Waals surface area contributed by atoms with Crippen molar-refractivity contribution >= 4 is 29.3 Å². The average Bonchev–Trinajstić information content (AvgIpc) is 2.92. The third-order valence-electron chi connectivity index (χ3n) is 6.02. The Kier molecular flexibility index (Phi) is 10.5. The first-order valence-corrected chi connectivity index (χ1v) is 13.0. The maximum atomic E-state index is 13.1. The van der Waals surface area contributed by atoms with Gasteiger partial charge in [0.2, 0.25) is 0 Å². The third-order valence-corrected chi connectivity index (χ3v) is 6.27. The first-order chi connectivity index (χ1) is 18.6. The fraction of sp³-hybridized carbons (Fsp3) is 0.333. The van der Waals surface area contributed by atoms with Gasteiger partial charge in [-0.1, -0.05) is 35.9 Å². The molecular formula is C30H35ClN2O6. The van der Waals surface area contributed by atoms with E-state index in [2.05, 4.69) is 10.6 Å². The lowest BCUT2D eigenvalue weighted by Crippen LogP contribution is -2.39. The zero-order valence-corrected chi connectivity index (χ0v) is 23.6. The van der Waals surface area contributed by atoms with Gasteiger partial charge in [-0.05, 0) is 81.1 Å². The van der Waals surface area contributed by atoms with Crippen LogP contribution in [0, 0.1) is 0 Å². The lowest BCUT2D eigenvalue weighted by molar-refractivity contribution is -0.158. The summed E-state index contributed by atoms with van der Waals surface area (Å²) in [6.07, 6.45) is 1.34. The highest BCUT2D eigenvalue weighted by Gasteiger charge is 2.31. The van der Waals surface area contributed by atoms with Crippen molar-refractivity contribution in [2.24, 2.45) is 0 Å². The zero-order chi connectivity index (χ0) is 28.4. The molecule has 0 aliphatic carbocycles. The molecule has 3 aromatic rings. The topological polar surface area (TPSA) is 95.1 Å². The van der Waals surface area contributed by atoms with E-state index in [1.165, 1.54) is 7.11 Å². The molecule has 208 valence electrons. The highest BCUT2D eigenvalue weighted by molar-refractivity contribution is 6.30. The number of carbonyl (C=O) groups excluding carboxylic acids is 2. The molecule has 0 spiro atoms. The number of ether oxygens (including phenoxy) is 4. The first kappa shape index (κ1) is 29.6. The second kappa shape index (κ2) is 13.8. The summed E-state index contributed by atoms with van der Waals surface area (Å²) in [6.45, 7) is 5.34. The van der Waals surface area contributed by atoms with Gasteiger partial charge in [0.05, 0.1) is 32.6 Å². The smallest absolute Gasteiger partial charge is 0.349 e. The third kappa shape index (κ3) is 8.55. The van der Waals surface area contributed by atoms with Crippen molar-refractivity contribution in [3.05, 3.63) is 82.9 Å². The van der Waals surface area contributed by atoms with E-state index in [1.807, 2.05) is 36.4 Å². The van der Waals surface area contributed by atoms with Crippen molar-refractivity contribution < 1.29 is 28.5 Å². The van der Waals surface area contributed by atoms with Crippen LogP contribution >= 0.6 is 11.6 Å². The maximum Gasteiger partial charge on any atom is 0.349 e. The quantitative estimate of drug-likeness (QED) is 0.246. The standard InChI is InChI=1S/C30H35ClN2O6/c1-6-38-28(34)30(2,3)39-23-14-10-21(11-15-23)25(17-9-20-7-12-22(31)13-8-20)32-29(35)33-26-18-16-24(36-4)19-27(26)37-5/h7-8,10-16,18-19,25H,6,9,17H2,1-5H3,(H2,32,33,35). The van der Waals surface area contributed by atoms with Gasteiger partial charge in [-0.3, -0.25) is 0 Å². The Morgan fingerprint density at radius 1 is 0.923 bits per heavy atom. The Bertz CT molecular complexity index is 1250. The molecule has 0 bridgehead atoms. The Morgan fingerprint density at radius 2 is 1.59 bits per heavy atom. The van der Waals surface area contributed by atoms with Gasteiger partial charge in [0.15, 0.2) is 5.60 Å². The van der Waals surface area contributed by atoms with Crippen LogP contribution in [0.5, 0.6) is 17.2 Å². The van der Waals surface area contributed by atoms with E-state index in [0.29, 0.717) is 40.8 Å². The number of amides is 2. The molecule has 8 nitrogen and oxygen atoms in total. The molecule has 39 heavy (non-hydrogen) atoms. The number of aryl methyl sites for hydroxylation is 1. The summed E-state index contributed by atoms with van der Waals surface area (Å²) in [4.78, 5) is 25.3. The molecule has 0 heterocycles. The van der Waals surface area contributed by atoms with Gasteiger partial charge in [0, 0.05) is 11.1 Å². The molecule has 0 fully saturated rings. The van der Waals surface area contributed by atoms with Gasteiger partial charge in [-0.2, -0.15) is 0 Å². The molecular weight excluding hydrogens is 520 g/mol. The maximum absolute atomic E-state index is 13.1. The predicted molar refractivity (Wildman–Crippen MR) is 152 cm³/mol. The van der Waals surface area contributed by atoms with E-state index in [-0.39, 0.29) is 18.7 Å². The van der Waals surface area contributed by atoms with Gasteiger partial charge < -0.3 is 29.6 Å². The summed E-state index contributed by atoms with van der Waals surface area (Å²) in [7, 11) is 3.09. The zero-order valence-electron chi connectivity index (χ0n) is 22.9. The minimum absolute atomic E-state index is 0.274. The van der Waals surface area contributed by atoms with Crippen LogP contribution in [0.1, 0.15) is 44.4 Å². The average molecular weight is 555 g/mol.